The largest absolute Gasteiger partial charge is 0.573 e. The number of nitrogens with zero attached hydrogens (tertiary/aromatic N) is 4. The molecule has 0 atom stereocenters. The number of ether oxygens (including phenoxy) is 1. The van der Waals surface area contributed by atoms with Gasteiger partial charge in [-0.15, -0.1) is 13.2 Å². The highest BCUT2D eigenvalue weighted by molar-refractivity contribution is 6.39. The molecule has 0 spiro atoms. The second-order valence-electron chi connectivity index (χ2n) is 9.68. The van der Waals surface area contributed by atoms with Crippen LogP contribution in [0.1, 0.15) is 57.4 Å². The van der Waals surface area contributed by atoms with Gasteiger partial charge in [0.25, 0.3) is 0 Å². The van der Waals surface area contributed by atoms with E-state index in [4.69, 9.17) is 33.9 Å². The molecule has 5 rings (SSSR count). The van der Waals surface area contributed by atoms with Gasteiger partial charge in [0.1, 0.15) is 11.3 Å². The Balaban J connectivity index is 1.51. The Hall–Kier alpha value is -2.99. The molecule has 204 valence electrons. The summed E-state index contributed by atoms with van der Waals surface area (Å²) in [5.74, 6) is -0.209. The van der Waals surface area contributed by atoms with E-state index in [-0.39, 0.29) is 33.6 Å². The van der Waals surface area contributed by atoms with Crippen LogP contribution in [-0.2, 0) is 4.79 Å². The monoisotopic (exact) mass is 571 g/mol. The maximum atomic E-state index is 12.7. The van der Waals surface area contributed by atoms with Gasteiger partial charge >= 0.3 is 6.36 Å². The highest BCUT2D eigenvalue weighted by Gasteiger charge is 2.32. The van der Waals surface area contributed by atoms with Crippen LogP contribution >= 0.6 is 23.2 Å². The first-order valence-electron chi connectivity index (χ1n) is 12.4. The lowest BCUT2D eigenvalue weighted by Gasteiger charge is -2.29. The van der Waals surface area contributed by atoms with E-state index in [1.54, 1.807) is 6.20 Å². The van der Waals surface area contributed by atoms with Crippen LogP contribution in [0.25, 0.3) is 11.2 Å². The van der Waals surface area contributed by atoms with Crippen molar-refractivity contribution >= 4 is 57.9 Å². The van der Waals surface area contributed by atoms with Gasteiger partial charge in [-0.3, -0.25) is 9.36 Å². The Morgan fingerprint density at radius 1 is 1.05 bits per heavy atom. The summed E-state index contributed by atoms with van der Waals surface area (Å²) >= 11 is 12.6. The lowest BCUT2D eigenvalue weighted by Crippen LogP contribution is -2.28. The summed E-state index contributed by atoms with van der Waals surface area (Å²) in [7, 11) is 0. The van der Waals surface area contributed by atoms with Crippen molar-refractivity contribution in [3.05, 3.63) is 28.4 Å². The van der Waals surface area contributed by atoms with Crippen molar-refractivity contribution in [2.75, 3.05) is 10.6 Å². The van der Waals surface area contributed by atoms with E-state index in [9.17, 15) is 18.0 Å². The number of nitrogens with one attached hydrogen (secondary N) is 2. The topological polar surface area (TPSA) is 120 Å². The lowest BCUT2D eigenvalue weighted by atomic mass is 9.85. The SMILES string of the molecule is NC(=O)C1CCC(n2c(Nc3c(Cl)cc(OC(F)(F)F)cc3Cl)nc3cnc(NC4CCCC4)nc32)CC1. The number of hydrogen-bond acceptors (Lipinski definition) is 7. The van der Waals surface area contributed by atoms with E-state index in [1.165, 1.54) is 0 Å². The Morgan fingerprint density at radius 3 is 2.32 bits per heavy atom. The Morgan fingerprint density at radius 2 is 1.71 bits per heavy atom. The summed E-state index contributed by atoms with van der Waals surface area (Å²) in [6, 6.07) is 2.29. The van der Waals surface area contributed by atoms with Crippen LogP contribution in [-0.4, -0.2) is 37.8 Å². The van der Waals surface area contributed by atoms with Crippen molar-refractivity contribution in [1.29, 1.82) is 0 Å². The number of amides is 1. The van der Waals surface area contributed by atoms with E-state index in [0.717, 1.165) is 37.8 Å². The molecule has 4 N–H and O–H groups in total. The van der Waals surface area contributed by atoms with Crippen LogP contribution in [0, 0.1) is 5.92 Å². The first kappa shape index (κ1) is 26.6. The smallest absolute Gasteiger partial charge is 0.406 e. The van der Waals surface area contributed by atoms with Gasteiger partial charge in [0.15, 0.2) is 5.65 Å². The minimum Gasteiger partial charge on any atom is -0.406 e. The molecular formula is C24H26Cl2F3N7O2. The highest BCUT2D eigenvalue weighted by Crippen LogP contribution is 2.41. The number of anilines is 3. The third kappa shape index (κ3) is 5.85. The lowest BCUT2D eigenvalue weighted by molar-refractivity contribution is -0.274. The van der Waals surface area contributed by atoms with Gasteiger partial charge in [0, 0.05) is 30.1 Å². The van der Waals surface area contributed by atoms with Gasteiger partial charge in [-0.1, -0.05) is 36.0 Å². The van der Waals surface area contributed by atoms with Gasteiger partial charge < -0.3 is 21.1 Å². The fourth-order valence-corrected chi connectivity index (χ4v) is 5.80. The van der Waals surface area contributed by atoms with Crippen molar-refractivity contribution in [1.82, 2.24) is 19.5 Å². The van der Waals surface area contributed by atoms with Gasteiger partial charge in [-0.2, -0.15) is 4.98 Å². The highest BCUT2D eigenvalue weighted by atomic mass is 35.5. The molecule has 1 amide bonds. The molecule has 2 aliphatic carbocycles. The summed E-state index contributed by atoms with van der Waals surface area (Å²) in [4.78, 5) is 25.6. The van der Waals surface area contributed by atoms with Crippen LogP contribution in [0.15, 0.2) is 18.3 Å². The molecule has 2 aliphatic rings. The van der Waals surface area contributed by atoms with Crippen LogP contribution in [0.3, 0.4) is 0 Å². The molecule has 1 aromatic carbocycles. The molecule has 38 heavy (non-hydrogen) atoms. The number of imidazole rings is 1. The van der Waals surface area contributed by atoms with E-state index < -0.39 is 12.1 Å². The number of halogens is 5. The molecule has 0 aliphatic heterocycles. The maximum Gasteiger partial charge on any atom is 0.573 e. The van der Waals surface area contributed by atoms with Gasteiger partial charge in [-0.05, 0) is 38.5 Å². The zero-order valence-electron chi connectivity index (χ0n) is 20.2. The molecule has 14 heteroatoms. The first-order chi connectivity index (χ1) is 18.1. The van der Waals surface area contributed by atoms with Crippen LogP contribution in [0.4, 0.5) is 30.8 Å². The average Bonchev–Trinajstić information content (AvgIpc) is 3.47. The minimum atomic E-state index is -4.89. The number of benzene rings is 1. The molecular weight excluding hydrogens is 546 g/mol. The number of rotatable bonds is 7. The zero-order chi connectivity index (χ0) is 27.0. The molecule has 0 unspecified atom stereocenters. The number of alkyl halides is 3. The average molecular weight is 572 g/mol. The summed E-state index contributed by atoms with van der Waals surface area (Å²) in [5, 5.41) is 6.32. The van der Waals surface area contributed by atoms with Crippen molar-refractivity contribution in [3.63, 3.8) is 0 Å². The van der Waals surface area contributed by atoms with Crippen molar-refractivity contribution in [3.8, 4) is 5.75 Å². The van der Waals surface area contributed by atoms with Crippen LogP contribution in [0.2, 0.25) is 10.0 Å². The third-order valence-electron chi connectivity index (χ3n) is 7.07. The molecule has 2 fully saturated rings. The number of nitrogens with two attached hydrogens (primary N) is 1. The Kier molecular flexibility index (Phi) is 7.45. The standard InChI is InChI=1S/C24H26Cl2F3N7O2/c25-16-9-15(38-24(27,28)29)10-17(26)19(16)34-23-33-18-11-31-22(32-13-3-1-2-4-13)35-21(18)36(23)14-7-5-12(6-8-14)20(30)37/h9-14H,1-8H2,(H2,30,37)(H,33,34)(H,31,32,35). The number of fused-ring (bicyclic) bond motifs is 1. The number of carbonyl (C=O) groups excluding carboxylic acids is 1. The van der Waals surface area contributed by atoms with E-state index in [1.807, 2.05) is 4.57 Å². The number of primary amides is 1. The summed E-state index contributed by atoms with van der Waals surface area (Å²) in [6.45, 7) is 0. The van der Waals surface area contributed by atoms with Crippen LogP contribution in [0.5, 0.6) is 5.75 Å². The fraction of sp³-hybridized carbons (Fsp3) is 0.500. The summed E-state index contributed by atoms with van der Waals surface area (Å²) in [5.41, 5.74) is 6.79. The van der Waals surface area contributed by atoms with Crippen LogP contribution < -0.4 is 21.1 Å². The van der Waals surface area contributed by atoms with Gasteiger partial charge in [-0.25, -0.2) is 9.97 Å². The molecule has 0 bridgehead atoms. The van der Waals surface area contributed by atoms with Gasteiger partial charge in [0.2, 0.25) is 17.8 Å². The summed E-state index contributed by atoms with van der Waals surface area (Å²) in [6.07, 6.45) is 3.69. The quantitative estimate of drug-likeness (QED) is 0.302. The molecule has 0 radical (unpaired) electrons. The molecule has 2 heterocycles. The van der Waals surface area contributed by atoms with Crippen molar-refractivity contribution in [2.24, 2.45) is 11.7 Å². The predicted molar refractivity (Wildman–Crippen MR) is 138 cm³/mol. The zero-order valence-corrected chi connectivity index (χ0v) is 21.7. The maximum absolute atomic E-state index is 12.7. The van der Waals surface area contributed by atoms with E-state index in [2.05, 4.69) is 25.3 Å². The van der Waals surface area contributed by atoms with Gasteiger partial charge in [0.05, 0.1) is 21.9 Å². The second kappa shape index (κ2) is 10.6. The first-order valence-corrected chi connectivity index (χ1v) is 13.2. The van der Waals surface area contributed by atoms with Crippen molar-refractivity contribution in [2.45, 2.75) is 69.8 Å². The number of aromatic nitrogens is 4. The fourth-order valence-electron chi connectivity index (χ4n) is 5.24. The molecule has 3 aromatic rings. The second-order valence-corrected chi connectivity index (χ2v) is 10.5. The molecule has 2 aromatic heterocycles. The number of hydrogen-bond donors (Lipinski definition) is 3. The van der Waals surface area contributed by atoms with Crippen molar-refractivity contribution < 1.29 is 22.7 Å². The Bertz CT molecular complexity index is 1310. The third-order valence-corrected chi connectivity index (χ3v) is 7.67. The normalized spacial score (nSPS) is 20.6. The molecule has 0 saturated heterocycles. The number of carbonyl (C=O) groups is 1. The molecule has 2 saturated carbocycles. The minimum absolute atomic E-state index is 0.0716. The molecule has 9 nitrogen and oxygen atoms in total. The van der Waals surface area contributed by atoms with E-state index >= 15 is 0 Å². The Labute approximate surface area is 226 Å². The predicted octanol–water partition coefficient (Wildman–Crippen LogP) is 6.35. The summed E-state index contributed by atoms with van der Waals surface area (Å²) < 4.78 is 43.9. The van der Waals surface area contributed by atoms with E-state index in [0.29, 0.717) is 54.8 Å².